The summed E-state index contributed by atoms with van der Waals surface area (Å²) in [4.78, 5) is 0. The SMILES string of the molecule is COC(C)(C)CC(C)(C#N)NCC1CC1. The summed E-state index contributed by atoms with van der Waals surface area (Å²) in [5.74, 6) is 0.795. The minimum Gasteiger partial charge on any atom is -0.379 e. The molecule has 0 heterocycles. The summed E-state index contributed by atoms with van der Waals surface area (Å²) in [5.41, 5.74) is -0.719. The monoisotopic (exact) mass is 210 g/mol. The zero-order valence-electron chi connectivity index (χ0n) is 10.3. The number of nitriles is 1. The molecule has 0 amide bonds. The van der Waals surface area contributed by atoms with Crippen LogP contribution < -0.4 is 5.32 Å². The van der Waals surface area contributed by atoms with Crippen molar-refractivity contribution >= 4 is 0 Å². The summed E-state index contributed by atoms with van der Waals surface area (Å²) < 4.78 is 5.37. The molecule has 3 nitrogen and oxygen atoms in total. The molecule has 0 aromatic rings. The quantitative estimate of drug-likeness (QED) is 0.730. The van der Waals surface area contributed by atoms with E-state index in [1.807, 2.05) is 20.8 Å². The lowest BCUT2D eigenvalue weighted by Gasteiger charge is -2.32. The average molecular weight is 210 g/mol. The van der Waals surface area contributed by atoms with Crippen LogP contribution in [0.15, 0.2) is 0 Å². The Morgan fingerprint density at radius 1 is 1.40 bits per heavy atom. The van der Waals surface area contributed by atoms with Gasteiger partial charge in [0.1, 0.15) is 5.54 Å². The molecule has 0 radical (unpaired) electrons. The Morgan fingerprint density at radius 2 is 2.00 bits per heavy atom. The van der Waals surface area contributed by atoms with E-state index in [0.29, 0.717) is 6.42 Å². The van der Waals surface area contributed by atoms with Gasteiger partial charge in [-0.25, -0.2) is 0 Å². The van der Waals surface area contributed by atoms with Gasteiger partial charge in [-0.05, 0) is 46.1 Å². The molecule has 86 valence electrons. The summed E-state index contributed by atoms with van der Waals surface area (Å²) in [7, 11) is 1.69. The van der Waals surface area contributed by atoms with Gasteiger partial charge in [0.2, 0.25) is 0 Å². The Kier molecular flexibility index (Phi) is 3.75. The fourth-order valence-electron chi connectivity index (χ4n) is 1.76. The van der Waals surface area contributed by atoms with E-state index < -0.39 is 5.54 Å². The predicted octanol–water partition coefficient (Wildman–Crippen LogP) is 2.08. The molecule has 1 atom stereocenters. The van der Waals surface area contributed by atoms with Crippen LogP contribution in [0.4, 0.5) is 0 Å². The van der Waals surface area contributed by atoms with Crippen LogP contribution in [0.1, 0.15) is 40.0 Å². The van der Waals surface area contributed by atoms with Crippen molar-refractivity contribution in [3.8, 4) is 6.07 Å². The van der Waals surface area contributed by atoms with Crippen molar-refractivity contribution in [1.29, 1.82) is 5.26 Å². The number of rotatable bonds is 6. The second-order valence-corrected chi connectivity index (χ2v) is 5.41. The average Bonchev–Trinajstić information content (AvgIpc) is 2.98. The maximum atomic E-state index is 9.21. The largest absolute Gasteiger partial charge is 0.379 e. The molecule has 1 rings (SSSR count). The second kappa shape index (κ2) is 4.51. The molecule has 1 unspecified atom stereocenters. The predicted molar refractivity (Wildman–Crippen MR) is 60.4 cm³/mol. The molecule has 1 N–H and O–H groups in total. The standard InChI is InChI=1S/C12H22N2O/c1-11(2,15-4)8-12(3,9-13)14-7-10-5-6-10/h10,14H,5-8H2,1-4H3. The van der Waals surface area contributed by atoms with Crippen molar-refractivity contribution in [2.45, 2.75) is 51.2 Å². The summed E-state index contributed by atoms with van der Waals surface area (Å²) in [6.45, 7) is 6.95. The molecule has 0 saturated heterocycles. The van der Waals surface area contributed by atoms with Crippen LogP contribution in [-0.4, -0.2) is 24.8 Å². The van der Waals surface area contributed by atoms with E-state index in [-0.39, 0.29) is 5.60 Å². The molecule has 3 heteroatoms. The highest BCUT2D eigenvalue weighted by atomic mass is 16.5. The van der Waals surface area contributed by atoms with E-state index in [2.05, 4.69) is 11.4 Å². The van der Waals surface area contributed by atoms with Crippen molar-refractivity contribution in [3.05, 3.63) is 0 Å². The number of hydrogen-bond acceptors (Lipinski definition) is 3. The van der Waals surface area contributed by atoms with Crippen molar-refractivity contribution < 1.29 is 4.74 Å². The van der Waals surface area contributed by atoms with Crippen LogP contribution in [-0.2, 0) is 4.74 Å². The Balaban J connectivity index is 2.47. The number of nitrogens with one attached hydrogen (secondary N) is 1. The minimum atomic E-state index is -0.470. The van der Waals surface area contributed by atoms with E-state index in [4.69, 9.17) is 4.74 Å². The third kappa shape index (κ3) is 4.19. The zero-order chi connectivity index (χ0) is 11.5. The highest BCUT2D eigenvalue weighted by Gasteiger charge is 2.34. The van der Waals surface area contributed by atoms with Gasteiger partial charge in [-0.3, -0.25) is 5.32 Å². The maximum Gasteiger partial charge on any atom is 0.106 e. The fourth-order valence-corrected chi connectivity index (χ4v) is 1.76. The molecule has 0 aliphatic heterocycles. The van der Waals surface area contributed by atoms with E-state index >= 15 is 0 Å². The zero-order valence-corrected chi connectivity index (χ0v) is 10.3. The molecule has 0 aromatic carbocycles. The first-order valence-electron chi connectivity index (χ1n) is 5.62. The maximum absolute atomic E-state index is 9.21. The topological polar surface area (TPSA) is 45.0 Å². The van der Waals surface area contributed by atoms with Gasteiger partial charge in [-0.15, -0.1) is 0 Å². The molecule has 0 bridgehead atoms. The van der Waals surface area contributed by atoms with Crippen molar-refractivity contribution in [2.24, 2.45) is 5.92 Å². The van der Waals surface area contributed by atoms with Gasteiger partial charge in [0.25, 0.3) is 0 Å². The van der Waals surface area contributed by atoms with Gasteiger partial charge in [-0.2, -0.15) is 5.26 Å². The van der Waals surface area contributed by atoms with Crippen LogP contribution in [0.3, 0.4) is 0 Å². The van der Waals surface area contributed by atoms with Gasteiger partial charge < -0.3 is 4.74 Å². The lowest BCUT2D eigenvalue weighted by atomic mass is 9.88. The molecule has 1 saturated carbocycles. The van der Waals surface area contributed by atoms with E-state index in [0.717, 1.165) is 12.5 Å². The Labute approximate surface area is 92.8 Å². The van der Waals surface area contributed by atoms with Gasteiger partial charge in [0.05, 0.1) is 11.7 Å². The summed E-state index contributed by atoms with van der Waals surface area (Å²) >= 11 is 0. The van der Waals surface area contributed by atoms with E-state index in [1.165, 1.54) is 12.8 Å². The molecule has 15 heavy (non-hydrogen) atoms. The first-order chi connectivity index (χ1) is 6.91. The molecule has 0 spiro atoms. The third-order valence-electron chi connectivity index (χ3n) is 3.06. The molecular weight excluding hydrogens is 188 g/mol. The fraction of sp³-hybridized carbons (Fsp3) is 0.917. The van der Waals surface area contributed by atoms with Crippen LogP contribution in [0, 0.1) is 17.2 Å². The first-order valence-corrected chi connectivity index (χ1v) is 5.62. The highest BCUT2D eigenvalue weighted by molar-refractivity contribution is 5.07. The lowest BCUT2D eigenvalue weighted by Crippen LogP contribution is -2.47. The number of nitrogens with zero attached hydrogens (tertiary/aromatic N) is 1. The molecule has 1 aliphatic carbocycles. The van der Waals surface area contributed by atoms with Gasteiger partial charge >= 0.3 is 0 Å². The van der Waals surface area contributed by atoms with Crippen molar-refractivity contribution in [1.82, 2.24) is 5.32 Å². The van der Waals surface area contributed by atoms with Gasteiger partial charge in [0, 0.05) is 13.5 Å². The van der Waals surface area contributed by atoms with Crippen molar-refractivity contribution in [2.75, 3.05) is 13.7 Å². The number of methoxy groups -OCH3 is 1. The van der Waals surface area contributed by atoms with E-state index in [1.54, 1.807) is 7.11 Å². The number of hydrogen-bond donors (Lipinski definition) is 1. The van der Waals surface area contributed by atoms with Crippen molar-refractivity contribution in [3.63, 3.8) is 0 Å². The smallest absolute Gasteiger partial charge is 0.106 e. The summed E-state index contributed by atoms with van der Waals surface area (Å²) in [6, 6.07) is 2.36. The molecule has 1 fully saturated rings. The van der Waals surface area contributed by atoms with Crippen LogP contribution in [0.5, 0.6) is 0 Å². The normalized spacial score (nSPS) is 20.7. The Morgan fingerprint density at radius 3 is 2.40 bits per heavy atom. The third-order valence-corrected chi connectivity index (χ3v) is 3.06. The first kappa shape index (κ1) is 12.5. The Bertz CT molecular complexity index is 253. The Hall–Kier alpha value is -0.590. The molecule has 0 aromatic heterocycles. The van der Waals surface area contributed by atoms with Crippen LogP contribution in [0.2, 0.25) is 0 Å². The minimum absolute atomic E-state index is 0.249. The van der Waals surface area contributed by atoms with Gasteiger partial charge in [0.15, 0.2) is 0 Å². The highest BCUT2D eigenvalue weighted by Crippen LogP contribution is 2.29. The number of ether oxygens (including phenoxy) is 1. The second-order valence-electron chi connectivity index (χ2n) is 5.41. The van der Waals surface area contributed by atoms with Crippen LogP contribution in [0.25, 0.3) is 0 Å². The van der Waals surface area contributed by atoms with E-state index in [9.17, 15) is 5.26 Å². The summed E-state index contributed by atoms with van der Waals surface area (Å²) in [6.07, 6.45) is 3.32. The molecular formula is C12H22N2O. The lowest BCUT2D eigenvalue weighted by molar-refractivity contribution is 0.00107. The van der Waals surface area contributed by atoms with Gasteiger partial charge in [-0.1, -0.05) is 0 Å². The summed E-state index contributed by atoms with van der Waals surface area (Å²) in [5, 5.41) is 12.6. The van der Waals surface area contributed by atoms with Crippen LogP contribution >= 0.6 is 0 Å². The molecule has 1 aliphatic rings.